The molecule has 0 spiro atoms. The van der Waals surface area contributed by atoms with Crippen LogP contribution in [0.25, 0.3) is 0 Å². The summed E-state index contributed by atoms with van der Waals surface area (Å²) in [5.41, 5.74) is 6.32. The van der Waals surface area contributed by atoms with E-state index in [1.807, 2.05) is 18.7 Å². The molecule has 1 fully saturated rings. The molecular weight excluding hydrogens is 261 g/mol. The fourth-order valence-electron chi connectivity index (χ4n) is 2.45. The predicted octanol–water partition coefficient (Wildman–Crippen LogP) is 1.46. The van der Waals surface area contributed by atoms with Crippen molar-refractivity contribution in [3.05, 3.63) is 24.0 Å². The first-order valence-corrected chi connectivity index (χ1v) is 6.66. The maximum Gasteiger partial charge on any atom is 0.238 e. The molecule has 1 aliphatic heterocycles. The van der Waals surface area contributed by atoms with E-state index in [1.54, 1.807) is 0 Å². The highest BCUT2D eigenvalue weighted by molar-refractivity contribution is 5.95. The van der Waals surface area contributed by atoms with Gasteiger partial charge in [0, 0.05) is 13.1 Å². The van der Waals surface area contributed by atoms with E-state index < -0.39 is 5.82 Å². The lowest BCUT2D eigenvalue weighted by Crippen LogP contribution is -2.48. The monoisotopic (exact) mass is 281 g/mol. The Morgan fingerprint density at radius 2 is 2.10 bits per heavy atom. The number of morpholine rings is 1. The van der Waals surface area contributed by atoms with Crippen LogP contribution in [0.5, 0.6) is 0 Å². The minimum absolute atomic E-state index is 0.113. The van der Waals surface area contributed by atoms with Crippen molar-refractivity contribution >= 4 is 17.3 Å². The summed E-state index contributed by atoms with van der Waals surface area (Å²) in [5, 5.41) is 2.70. The molecule has 2 rings (SSSR count). The number of halogens is 1. The molecule has 5 nitrogen and oxygen atoms in total. The van der Waals surface area contributed by atoms with E-state index in [-0.39, 0.29) is 30.3 Å². The second-order valence-electron chi connectivity index (χ2n) is 5.23. The van der Waals surface area contributed by atoms with Crippen molar-refractivity contribution in [1.82, 2.24) is 4.90 Å². The molecule has 1 saturated heterocycles. The van der Waals surface area contributed by atoms with Crippen LogP contribution >= 0.6 is 0 Å². The summed E-state index contributed by atoms with van der Waals surface area (Å²) in [6.07, 6.45) is 0.227. The number of nitrogens with two attached hydrogens (primary N) is 1. The molecule has 1 heterocycles. The van der Waals surface area contributed by atoms with Crippen LogP contribution in [-0.4, -0.2) is 42.6 Å². The van der Waals surface area contributed by atoms with Gasteiger partial charge in [0.05, 0.1) is 30.1 Å². The van der Waals surface area contributed by atoms with Gasteiger partial charge in [-0.05, 0) is 32.0 Å². The molecule has 1 aromatic rings. The standard InChI is InChI=1S/C14H20FN3O2/c1-9-6-18(7-10(2)20-9)8-14(19)17-13-4-3-11(15)5-12(13)16/h3-5,9-10H,6-8,16H2,1-2H3,(H,17,19). The highest BCUT2D eigenvalue weighted by Crippen LogP contribution is 2.19. The third-order valence-electron chi connectivity index (χ3n) is 3.15. The molecule has 2 atom stereocenters. The number of benzene rings is 1. The van der Waals surface area contributed by atoms with Crippen LogP contribution in [0.1, 0.15) is 13.8 Å². The Morgan fingerprint density at radius 3 is 2.70 bits per heavy atom. The van der Waals surface area contributed by atoms with Gasteiger partial charge in [0.2, 0.25) is 5.91 Å². The Balaban J connectivity index is 1.92. The molecule has 0 aliphatic carbocycles. The van der Waals surface area contributed by atoms with E-state index >= 15 is 0 Å². The molecule has 0 bridgehead atoms. The SMILES string of the molecule is CC1CN(CC(=O)Nc2ccc(F)cc2N)CC(C)O1. The van der Waals surface area contributed by atoms with Crippen LogP contribution in [-0.2, 0) is 9.53 Å². The van der Waals surface area contributed by atoms with Gasteiger partial charge >= 0.3 is 0 Å². The summed E-state index contributed by atoms with van der Waals surface area (Å²) in [6, 6.07) is 3.92. The quantitative estimate of drug-likeness (QED) is 0.823. The second-order valence-corrected chi connectivity index (χ2v) is 5.23. The Bertz CT molecular complexity index is 485. The largest absolute Gasteiger partial charge is 0.397 e. The van der Waals surface area contributed by atoms with E-state index in [0.717, 1.165) is 13.1 Å². The van der Waals surface area contributed by atoms with Gasteiger partial charge in [-0.1, -0.05) is 0 Å². The van der Waals surface area contributed by atoms with Crippen molar-refractivity contribution in [2.75, 3.05) is 30.7 Å². The normalized spacial score (nSPS) is 23.6. The number of nitrogen functional groups attached to an aromatic ring is 1. The van der Waals surface area contributed by atoms with Crippen molar-refractivity contribution < 1.29 is 13.9 Å². The van der Waals surface area contributed by atoms with Gasteiger partial charge in [0.25, 0.3) is 0 Å². The number of nitrogens with one attached hydrogen (secondary N) is 1. The highest BCUT2D eigenvalue weighted by Gasteiger charge is 2.23. The Labute approximate surface area is 117 Å². The average molecular weight is 281 g/mol. The number of anilines is 2. The van der Waals surface area contributed by atoms with Gasteiger partial charge in [0.1, 0.15) is 5.82 Å². The maximum absolute atomic E-state index is 12.9. The van der Waals surface area contributed by atoms with Gasteiger partial charge in [-0.25, -0.2) is 4.39 Å². The van der Waals surface area contributed by atoms with Gasteiger partial charge < -0.3 is 15.8 Å². The zero-order chi connectivity index (χ0) is 14.7. The van der Waals surface area contributed by atoms with Crippen molar-refractivity contribution in [3.63, 3.8) is 0 Å². The van der Waals surface area contributed by atoms with Gasteiger partial charge in [-0.2, -0.15) is 0 Å². The fraction of sp³-hybridized carbons (Fsp3) is 0.500. The number of nitrogens with zero attached hydrogens (tertiary/aromatic N) is 1. The number of ether oxygens (including phenoxy) is 1. The number of amides is 1. The van der Waals surface area contributed by atoms with Crippen LogP contribution in [0.2, 0.25) is 0 Å². The van der Waals surface area contributed by atoms with Crippen LogP contribution in [0.4, 0.5) is 15.8 Å². The molecular formula is C14H20FN3O2. The number of hydrogen-bond acceptors (Lipinski definition) is 4. The predicted molar refractivity (Wildman–Crippen MR) is 75.9 cm³/mol. The zero-order valence-corrected chi connectivity index (χ0v) is 11.7. The summed E-state index contributed by atoms with van der Waals surface area (Å²) in [5.74, 6) is -0.582. The number of carbonyl (C=O) groups is 1. The lowest BCUT2D eigenvalue weighted by Gasteiger charge is -2.34. The molecule has 6 heteroatoms. The van der Waals surface area contributed by atoms with Crippen LogP contribution in [0.3, 0.4) is 0 Å². The maximum atomic E-state index is 12.9. The lowest BCUT2D eigenvalue weighted by molar-refractivity contribution is -0.121. The summed E-state index contributed by atoms with van der Waals surface area (Å²) in [6.45, 7) is 5.68. The third-order valence-corrected chi connectivity index (χ3v) is 3.15. The van der Waals surface area contributed by atoms with E-state index in [4.69, 9.17) is 10.5 Å². The molecule has 3 N–H and O–H groups in total. The summed E-state index contributed by atoms with van der Waals surface area (Å²) < 4.78 is 18.5. The molecule has 110 valence electrons. The number of carbonyl (C=O) groups excluding carboxylic acids is 1. The molecule has 1 aromatic carbocycles. The van der Waals surface area contributed by atoms with Gasteiger partial charge in [-0.15, -0.1) is 0 Å². The molecule has 0 radical (unpaired) electrons. The average Bonchev–Trinajstić information content (AvgIpc) is 2.31. The second kappa shape index (κ2) is 6.19. The van der Waals surface area contributed by atoms with E-state index in [2.05, 4.69) is 5.32 Å². The summed E-state index contributed by atoms with van der Waals surface area (Å²) >= 11 is 0. The van der Waals surface area contributed by atoms with Gasteiger partial charge in [-0.3, -0.25) is 9.69 Å². The smallest absolute Gasteiger partial charge is 0.238 e. The fourth-order valence-corrected chi connectivity index (χ4v) is 2.45. The third kappa shape index (κ3) is 3.91. The highest BCUT2D eigenvalue weighted by atomic mass is 19.1. The summed E-state index contributed by atoms with van der Waals surface area (Å²) in [4.78, 5) is 14.0. The van der Waals surface area contributed by atoms with E-state index in [9.17, 15) is 9.18 Å². The van der Waals surface area contributed by atoms with Crippen molar-refractivity contribution in [2.45, 2.75) is 26.1 Å². The molecule has 2 unspecified atom stereocenters. The molecule has 1 amide bonds. The molecule has 20 heavy (non-hydrogen) atoms. The van der Waals surface area contributed by atoms with Crippen LogP contribution in [0.15, 0.2) is 18.2 Å². The van der Waals surface area contributed by atoms with Crippen molar-refractivity contribution in [2.24, 2.45) is 0 Å². The Kier molecular flexibility index (Phi) is 4.57. The van der Waals surface area contributed by atoms with E-state index in [0.29, 0.717) is 5.69 Å². The van der Waals surface area contributed by atoms with Crippen molar-refractivity contribution in [1.29, 1.82) is 0 Å². The molecule has 0 saturated carbocycles. The van der Waals surface area contributed by atoms with Crippen LogP contribution < -0.4 is 11.1 Å². The molecule has 0 aromatic heterocycles. The van der Waals surface area contributed by atoms with Crippen molar-refractivity contribution in [3.8, 4) is 0 Å². The first-order chi connectivity index (χ1) is 9.44. The lowest BCUT2D eigenvalue weighted by atomic mass is 10.2. The van der Waals surface area contributed by atoms with Crippen LogP contribution in [0, 0.1) is 5.82 Å². The first kappa shape index (κ1) is 14.7. The van der Waals surface area contributed by atoms with Gasteiger partial charge in [0.15, 0.2) is 0 Å². The number of hydrogen-bond donors (Lipinski definition) is 2. The zero-order valence-electron chi connectivity index (χ0n) is 11.7. The summed E-state index contributed by atoms with van der Waals surface area (Å²) in [7, 11) is 0. The first-order valence-electron chi connectivity index (χ1n) is 6.66. The molecule has 1 aliphatic rings. The minimum Gasteiger partial charge on any atom is -0.397 e. The Hall–Kier alpha value is -1.66. The minimum atomic E-state index is -0.420. The number of rotatable bonds is 3. The van der Waals surface area contributed by atoms with E-state index in [1.165, 1.54) is 18.2 Å². The Morgan fingerprint density at radius 1 is 1.45 bits per heavy atom. The topological polar surface area (TPSA) is 67.6 Å².